The van der Waals surface area contributed by atoms with E-state index in [1.54, 1.807) is 0 Å². The summed E-state index contributed by atoms with van der Waals surface area (Å²) in [5, 5.41) is 0. The summed E-state index contributed by atoms with van der Waals surface area (Å²) in [5.74, 6) is 6.37. The minimum Gasteiger partial charge on any atom is -0.292 e. The summed E-state index contributed by atoms with van der Waals surface area (Å²) >= 11 is 0. The summed E-state index contributed by atoms with van der Waals surface area (Å²) < 4.78 is 0. The molecule has 0 amide bonds. The first-order chi connectivity index (χ1) is 11.5. The van der Waals surface area contributed by atoms with Gasteiger partial charge in [-0.2, -0.15) is 0 Å². The highest BCUT2D eigenvalue weighted by Crippen LogP contribution is 2.27. The van der Waals surface area contributed by atoms with Gasteiger partial charge in [0.05, 0.1) is 6.04 Å². The fourth-order valence-corrected chi connectivity index (χ4v) is 2.61. The smallest absolute Gasteiger partial charge is 0.0602 e. The van der Waals surface area contributed by atoms with Gasteiger partial charge in [-0.25, -0.2) is 0 Å². The maximum atomic E-state index is 3.23. The predicted molar refractivity (Wildman–Crippen MR) is 104 cm³/mol. The number of rotatable bonds is 5. The van der Waals surface area contributed by atoms with Crippen LogP contribution in [0.4, 0.5) is 0 Å². The summed E-state index contributed by atoms with van der Waals surface area (Å²) in [4.78, 5) is 2.35. The monoisotopic (exact) mass is 317 g/mol. The van der Waals surface area contributed by atoms with Gasteiger partial charge in [0.2, 0.25) is 0 Å². The number of hydrogen-bond donors (Lipinski definition) is 0. The van der Waals surface area contributed by atoms with Crippen LogP contribution in [-0.2, 0) is 0 Å². The van der Waals surface area contributed by atoms with Crippen LogP contribution in [0.1, 0.15) is 37.9 Å². The van der Waals surface area contributed by atoms with Crippen molar-refractivity contribution in [3.05, 3.63) is 83.9 Å². The zero-order valence-electron chi connectivity index (χ0n) is 15.2. The lowest BCUT2D eigenvalue weighted by Gasteiger charge is -2.28. The van der Waals surface area contributed by atoms with Gasteiger partial charge in [-0.1, -0.05) is 78.6 Å². The van der Waals surface area contributed by atoms with Crippen molar-refractivity contribution in [1.29, 1.82) is 0 Å². The fourth-order valence-electron chi connectivity index (χ4n) is 2.61. The van der Waals surface area contributed by atoms with Crippen molar-refractivity contribution >= 4 is 0 Å². The standard InChI is InChI=1S/C23H27N/c1-23(2,3)18-12-7-13-19-24(4)22(20-14-8-5-9-15-20)21-16-10-6-11-17-21/h5-11,13-17,22H,19H2,1-4H3. The van der Waals surface area contributed by atoms with Crippen LogP contribution >= 0.6 is 0 Å². The van der Waals surface area contributed by atoms with E-state index in [2.05, 4.69) is 111 Å². The van der Waals surface area contributed by atoms with Crippen LogP contribution in [0.25, 0.3) is 0 Å². The van der Waals surface area contributed by atoms with E-state index in [1.807, 2.05) is 6.08 Å². The Bertz CT molecular complexity index is 657. The van der Waals surface area contributed by atoms with Crippen molar-refractivity contribution in [2.45, 2.75) is 26.8 Å². The average molecular weight is 317 g/mol. The molecule has 1 nitrogen and oxygen atoms in total. The van der Waals surface area contributed by atoms with Crippen molar-refractivity contribution in [1.82, 2.24) is 4.90 Å². The molecule has 0 saturated carbocycles. The van der Waals surface area contributed by atoms with Crippen LogP contribution in [0.5, 0.6) is 0 Å². The van der Waals surface area contributed by atoms with Crippen molar-refractivity contribution < 1.29 is 0 Å². The van der Waals surface area contributed by atoms with Crippen LogP contribution in [-0.4, -0.2) is 18.5 Å². The summed E-state index contributed by atoms with van der Waals surface area (Å²) in [6, 6.07) is 21.5. The van der Waals surface area contributed by atoms with E-state index in [9.17, 15) is 0 Å². The zero-order valence-corrected chi connectivity index (χ0v) is 15.2. The lowest BCUT2D eigenvalue weighted by Crippen LogP contribution is -2.25. The van der Waals surface area contributed by atoms with Crippen molar-refractivity contribution in [2.75, 3.05) is 13.6 Å². The second-order valence-electron chi connectivity index (χ2n) is 7.09. The molecule has 124 valence electrons. The van der Waals surface area contributed by atoms with Crippen LogP contribution in [0.15, 0.2) is 72.8 Å². The fraction of sp³-hybridized carbons (Fsp3) is 0.304. The first-order valence-corrected chi connectivity index (χ1v) is 8.45. The van der Waals surface area contributed by atoms with Gasteiger partial charge in [-0.05, 0) is 45.0 Å². The number of allylic oxidation sites excluding steroid dienone is 1. The molecule has 0 aliphatic heterocycles. The van der Waals surface area contributed by atoms with Crippen molar-refractivity contribution in [3.63, 3.8) is 0 Å². The molecule has 0 radical (unpaired) electrons. The van der Waals surface area contributed by atoms with Gasteiger partial charge in [0.1, 0.15) is 0 Å². The number of nitrogens with zero attached hydrogens (tertiary/aromatic N) is 1. The molecule has 0 fully saturated rings. The number of likely N-dealkylation sites (N-methyl/N-ethyl adjacent to an activating group) is 1. The minimum atomic E-state index is 0.0485. The molecule has 0 atom stereocenters. The van der Waals surface area contributed by atoms with Crippen molar-refractivity contribution in [2.24, 2.45) is 5.41 Å². The molecule has 0 spiro atoms. The molecule has 1 heteroatoms. The quantitative estimate of drug-likeness (QED) is 0.675. The Morgan fingerprint density at radius 2 is 1.42 bits per heavy atom. The second kappa shape index (κ2) is 8.52. The number of benzene rings is 2. The Hall–Kier alpha value is -2.30. The van der Waals surface area contributed by atoms with Gasteiger partial charge in [0, 0.05) is 12.0 Å². The van der Waals surface area contributed by atoms with E-state index in [0.717, 1.165) is 6.54 Å². The maximum Gasteiger partial charge on any atom is 0.0602 e. The first-order valence-electron chi connectivity index (χ1n) is 8.45. The molecule has 0 aliphatic carbocycles. The topological polar surface area (TPSA) is 3.24 Å². The zero-order chi connectivity index (χ0) is 17.4. The molecular weight excluding hydrogens is 290 g/mol. The molecule has 2 aromatic carbocycles. The lowest BCUT2D eigenvalue weighted by molar-refractivity contribution is 0.309. The highest BCUT2D eigenvalue weighted by Gasteiger charge is 2.17. The third kappa shape index (κ3) is 5.72. The molecular formula is C23H27N. The van der Waals surface area contributed by atoms with Crippen LogP contribution in [0, 0.1) is 17.3 Å². The summed E-state index contributed by atoms with van der Waals surface area (Å²) in [6.45, 7) is 7.23. The van der Waals surface area contributed by atoms with Gasteiger partial charge in [-0.15, -0.1) is 0 Å². The molecule has 0 N–H and O–H groups in total. The summed E-state index contributed by atoms with van der Waals surface area (Å²) in [7, 11) is 2.16. The van der Waals surface area contributed by atoms with E-state index in [4.69, 9.17) is 0 Å². The van der Waals surface area contributed by atoms with E-state index < -0.39 is 0 Å². The highest BCUT2D eigenvalue weighted by molar-refractivity contribution is 5.32. The van der Waals surface area contributed by atoms with Gasteiger partial charge >= 0.3 is 0 Å². The lowest BCUT2D eigenvalue weighted by atomic mass is 9.97. The largest absolute Gasteiger partial charge is 0.292 e. The molecule has 24 heavy (non-hydrogen) atoms. The molecule has 2 aromatic rings. The van der Waals surface area contributed by atoms with Gasteiger partial charge in [0.15, 0.2) is 0 Å². The maximum absolute atomic E-state index is 3.23. The second-order valence-corrected chi connectivity index (χ2v) is 7.09. The van der Waals surface area contributed by atoms with Crippen LogP contribution in [0.2, 0.25) is 0 Å². The SMILES string of the molecule is CN(CC=CC#CC(C)(C)C)C(c1ccccc1)c1ccccc1. The van der Waals surface area contributed by atoms with Gasteiger partial charge in [0.25, 0.3) is 0 Å². The van der Waals surface area contributed by atoms with E-state index >= 15 is 0 Å². The summed E-state index contributed by atoms with van der Waals surface area (Å²) in [6.07, 6.45) is 4.10. The van der Waals surface area contributed by atoms with Crippen LogP contribution < -0.4 is 0 Å². The molecule has 0 bridgehead atoms. The third-order valence-corrected chi connectivity index (χ3v) is 3.71. The Morgan fingerprint density at radius 1 is 0.917 bits per heavy atom. The molecule has 0 unspecified atom stereocenters. The minimum absolute atomic E-state index is 0.0485. The van der Waals surface area contributed by atoms with E-state index in [1.165, 1.54) is 11.1 Å². The Labute approximate surface area is 147 Å². The molecule has 2 rings (SSSR count). The van der Waals surface area contributed by atoms with Crippen molar-refractivity contribution in [3.8, 4) is 11.8 Å². The molecule has 0 aromatic heterocycles. The Balaban J connectivity index is 2.15. The van der Waals surface area contributed by atoms with E-state index in [0.29, 0.717) is 0 Å². The molecule has 0 aliphatic rings. The molecule has 0 heterocycles. The van der Waals surface area contributed by atoms with Crippen LogP contribution in [0.3, 0.4) is 0 Å². The average Bonchev–Trinajstić information content (AvgIpc) is 2.56. The first kappa shape index (κ1) is 18.0. The van der Waals surface area contributed by atoms with E-state index in [-0.39, 0.29) is 11.5 Å². The normalized spacial score (nSPS) is 11.8. The molecule has 0 saturated heterocycles. The summed E-state index contributed by atoms with van der Waals surface area (Å²) in [5.41, 5.74) is 2.66. The predicted octanol–water partition coefficient (Wildman–Crippen LogP) is 5.31. The highest BCUT2D eigenvalue weighted by atomic mass is 15.1. The van der Waals surface area contributed by atoms with Gasteiger partial charge in [-0.3, -0.25) is 4.90 Å². The van der Waals surface area contributed by atoms with Gasteiger partial charge < -0.3 is 0 Å². The third-order valence-electron chi connectivity index (χ3n) is 3.71. The number of hydrogen-bond acceptors (Lipinski definition) is 1. The Morgan fingerprint density at radius 3 is 1.88 bits per heavy atom. The Kier molecular flexibility index (Phi) is 6.41.